The molecule has 0 saturated carbocycles. The fourth-order valence-corrected chi connectivity index (χ4v) is 2.97. The number of nitrogens with one attached hydrogen (secondary N) is 1. The van der Waals surface area contributed by atoms with Gasteiger partial charge in [-0.2, -0.15) is 0 Å². The lowest BCUT2D eigenvalue weighted by Gasteiger charge is -2.30. The van der Waals surface area contributed by atoms with Crippen molar-refractivity contribution < 1.29 is 9.59 Å². The van der Waals surface area contributed by atoms with Crippen LogP contribution in [-0.4, -0.2) is 54.8 Å². The number of hydrogen-bond donors (Lipinski definition) is 1. The highest BCUT2D eigenvalue weighted by Crippen LogP contribution is 2.24. The number of amides is 2. The molecule has 5 nitrogen and oxygen atoms in total. The van der Waals surface area contributed by atoms with Gasteiger partial charge in [0.25, 0.3) is 0 Å². The number of benzene rings is 1. The highest BCUT2D eigenvalue weighted by molar-refractivity contribution is 5.85. The highest BCUT2D eigenvalue weighted by atomic mass is 16.2. The second kappa shape index (κ2) is 8.67. The first-order valence-corrected chi connectivity index (χ1v) is 8.44. The lowest BCUT2D eigenvalue weighted by atomic mass is 10.0. The largest absolute Gasteiger partial charge is 0.355 e. The normalized spacial score (nSPS) is 15.7. The van der Waals surface area contributed by atoms with Crippen LogP contribution >= 0.6 is 0 Å². The molecule has 0 radical (unpaired) electrons. The smallest absolute Gasteiger partial charge is 0.244 e. The standard InChI is InChI=1S/C18H27N3O2/c1-3-11-19-16(22)14-20(2)17(15-9-5-4-6-10-15)18(23)21-12-7-8-13-21/h4-6,9-10,17H,3,7-8,11-14H2,1-2H3,(H,19,22)/t17-/m1/s1. The molecule has 1 atom stereocenters. The van der Waals surface area contributed by atoms with E-state index in [0.29, 0.717) is 6.54 Å². The molecule has 1 aliphatic rings. The van der Waals surface area contributed by atoms with E-state index >= 15 is 0 Å². The van der Waals surface area contributed by atoms with E-state index in [9.17, 15) is 9.59 Å². The van der Waals surface area contributed by atoms with E-state index in [2.05, 4.69) is 5.32 Å². The monoisotopic (exact) mass is 317 g/mol. The summed E-state index contributed by atoms with van der Waals surface area (Å²) in [6, 6.07) is 9.32. The Bertz CT molecular complexity index is 512. The van der Waals surface area contributed by atoms with Crippen LogP contribution in [-0.2, 0) is 9.59 Å². The maximum Gasteiger partial charge on any atom is 0.244 e. The van der Waals surface area contributed by atoms with Gasteiger partial charge in [-0.05, 0) is 31.9 Å². The van der Waals surface area contributed by atoms with Crippen molar-refractivity contribution in [2.45, 2.75) is 32.2 Å². The van der Waals surface area contributed by atoms with Crippen LogP contribution in [0, 0.1) is 0 Å². The van der Waals surface area contributed by atoms with Gasteiger partial charge in [0.15, 0.2) is 0 Å². The molecule has 1 fully saturated rings. The fourth-order valence-electron chi connectivity index (χ4n) is 2.97. The van der Waals surface area contributed by atoms with Gasteiger partial charge in [0.2, 0.25) is 11.8 Å². The van der Waals surface area contributed by atoms with E-state index in [4.69, 9.17) is 0 Å². The molecule has 1 N–H and O–H groups in total. The molecule has 1 heterocycles. The maximum absolute atomic E-state index is 12.9. The van der Waals surface area contributed by atoms with Crippen LogP contribution in [0.5, 0.6) is 0 Å². The molecular weight excluding hydrogens is 290 g/mol. The van der Waals surface area contributed by atoms with Gasteiger partial charge in [0, 0.05) is 19.6 Å². The number of carbonyl (C=O) groups excluding carboxylic acids is 2. The van der Waals surface area contributed by atoms with Gasteiger partial charge in [-0.25, -0.2) is 0 Å². The molecule has 0 aromatic heterocycles. The average molecular weight is 317 g/mol. The first kappa shape index (κ1) is 17.5. The van der Waals surface area contributed by atoms with E-state index < -0.39 is 6.04 Å². The van der Waals surface area contributed by atoms with Crippen molar-refractivity contribution >= 4 is 11.8 Å². The molecule has 126 valence electrons. The Balaban J connectivity index is 2.12. The van der Waals surface area contributed by atoms with Crippen LogP contribution in [0.2, 0.25) is 0 Å². The van der Waals surface area contributed by atoms with Gasteiger partial charge in [-0.1, -0.05) is 37.3 Å². The summed E-state index contributed by atoms with van der Waals surface area (Å²) in [6.45, 7) is 4.55. The van der Waals surface area contributed by atoms with Crippen molar-refractivity contribution in [2.24, 2.45) is 0 Å². The number of likely N-dealkylation sites (tertiary alicyclic amines) is 1. The fraction of sp³-hybridized carbons (Fsp3) is 0.556. The van der Waals surface area contributed by atoms with Crippen LogP contribution < -0.4 is 5.32 Å². The van der Waals surface area contributed by atoms with E-state index in [1.165, 1.54) is 0 Å². The molecule has 0 unspecified atom stereocenters. The first-order valence-electron chi connectivity index (χ1n) is 8.44. The number of nitrogens with zero attached hydrogens (tertiary/aromatic N) is 2. The minimum Gasteiger partial charge on any atom is -0.355 e. The summed E-state index contributed by atoms with van der Waals surface area (Å²) in [5.41, 5.74) is 0.940. The van der Waals surface area contributed by atoms with Gasteiger partial charge in [0.05, 0.1) is 6.54 Å². The minimum atomic E-state index is -0.401. The van der Waals surface area contributed by atoms with Gasteiger partial charge in [0.1, 0.15) is 6.04 Å². The van der Waals surface area contributed by atoms with Crippen LogP contribution in [0.25, 0.3) is 0 Å². The maximum atomic E-state index is 12.9. The van der Waals surface area contributed by atoms with Crippen molar-refractivity contribution in [1.29, 1.82) is 0 Å². The quantitative estimate of drug-likeness (QED) is 0.834. The SMILES string of the molecule is CCCNC(=O)CN(C)[C@@H](C(=O)N1CCCC1)c1ccccc1. The van der Waals surface area contributed by atoms with Gasteiger partial charge >= 0.3 is 0 Å². The molecule has 0 bridgehead atoms. The summed E-state index contributed by atoms with van der Waals surface area (Å²) >= 11 is 0. The number of likely N-dealkylation sites (N-methyl/N-ethyl adjacent to an activating group) is 1. The highest BCUT2D eigenvalue weighted by Gasteiger charge is 2.31. The minimum absolute atomic E-state index is 0.0375. The van der Waals surface area contributed by atoms with Crippen LogP contribution in [0.1, 0.15) is 37.8 Å². The number of hydrogen-bond acceptors (Lipinski definition) is 3. The Morgan fingerprint density at radius 3 is 2.48 bits per heavy atom. The summed E-state index contributed by atoms with van der Waals surface area (Å²) in [4.78, 5) is 28.7. The molecule has 2 rings (SSSR count). The first-order chi connectivity index (χ1) is 11.1. The Morgan fingerprint density at radius 1 is 1.22 bits per heavy atom. The Hall–Kier alpha value is -1.88. The summed E-state index contributed by atoms with van der Waals surface area (Å²) < 4.78 is 0. The molecule has 0 spiro atoms. The molecule has 5 heteroatoms. The lowest BCUT2D eigenvalue weighted by molar-refractivity contribution is -0.136. The van der Waals surface area contributed by atoms with Crippen LogP contribution in [0.4, 0.5) is 0 Å². The van der Waals surface area contributed by atoms with Crippen molar-refractivity contribution in [1.82, 2.24) is 15.1 Å². The zero-order chi connectivity index (χ0) is 16.7. The summed E-state index contributed by atoms with van der Waals surface area (Å²) in [5, 5.41) is 2.87. The summed E-state index contributed by atoms with van der Waals surface area (Å²) in [6.07, 6.45) is 3.03. The van der Waals surface area contributed by atoms with E-state index in [-0.39, 0.29) is 18.4 Å². The molecule has 1 aromatic carbocycles. The third-order valence-corrected chi connectivity index (χ3v) is 4.17. The van der Waals surface area contributed by atoms with Crippen molar-refractivity contribution in [2.75, 3.05) is 33.2 Å². The third-order valence-electron chi connectivity index (χ3n) is 4.17. The number of carbonyl (C=O) groups is 2. The lowest BCUT2D eigenvalue weighted by Crippen LogP contribution is -2.44. The molecule has 0 aliphatic carbocycles. The second-order valence-corrected chi connectivity index (χ2v) is 6.11. The molecule has 1 saturated heterocycles. The molecule has 23 heavy (non-hydrogen) atoms. The zero-order valence-corrected chi connectivity index (χ0v) is 14.1. The van der Waals surface area contributed by atoms with Gasteiger partial charge in [-0.15, -0.1) is 0 Å². The van der Waals surface area contributed by atoms with E-state index in [1.54, 1.807) is 0 Å². The van der Waals surface area contributed by atoms with Crippen LogP contribution in [0.3, 0.4) is 0 Å². The van der Waals surface area contributed by atoms with Crippen molar-refractivity contribution in [3.05, 3.63) is 35.9 Å². The predicted octanol–water partition coefficient (Wildman–Crippen LogP) is 1.81. The Kier molecular flexibility index (Phi) is 6.59. The zero-order valence-electron chi connectivity index (χ0n) is 14.1. The topological polar surface area (TPSA) is 52.7 Å². The second-order valence-electron chi connectivity index (χ2n) is 6.11. The molecule has 2 amide bonds. The Morgan fingerprint density at radius 2 is 1.87 bits per heavy atom. The molecule has 1 aromatic rings. The number of rotatable bonds is 7. The van der Waals surface area contributed by atoms with E-state index in [0.717, 1.165) is 37.9 Å². The molecule has 1 aliphatic heterocycles. The Labute approximate surface area is 138 Å². The van der Waals surface area contributed by atoms with Gasteiger partial charge in [-0.3, -0.25) is 14.5 Å². The average Bonchev–Trinajstić information content (AvgIpc) is 3.08. The van der Waals surface area contributed by atoms with Gasteiger partial charge < -0.3 is 10.2 Å². The van der Waals surface area contributed by atoms with E-state index in [1.807, 2.05) is 54.1 Å². The van der Waals surface area contributed by atoms with Crippen LogP contribution in [0.15, 0.2) is 30.3 Å². The van der Waals surface area contributed by atoms with Crippen molar-refractivity contribution in [3.8, 4) is 0 Å². The predicted molar refractivity (Wildman–Crippen MR) is 90.9 cm³/mol. The third kappa shape index (κ3) is 4.79. The summed E-state index contributed by atoms with van der Waals surface area (Å²) in [7, 11) is 1.84. The summed E-state index contributed by atoms with van der Waals surface area (Å²) in [5.74, 6) is 0.0593. The van der Waals surface area contributed by atoms with Crippen molar-refractivity contribution in [3.63, 3.8) is 0 Å². The molecular formula is C18H27N3O2.